The second kappa shape index (κ2) is 8.76. The van der Waals surface area contributed by atoms with Crippen LogP contribution in [-0.4, -0.2) is 34.0 Å². The maximum absolute atomic E-state index is 5.55. The van der Waals surface area contributed by atoms with Crippen LogP contribution in [0.4, 0.5) is 0 Å². The molecule has 31 heavy (non-hydrogen) atoms. The van der Waals surface area contributed by atoms with E-state index < -0.39 is 0 Å². The maximum Gasteiger partial charge on any atom is 0.192 e. The van der Waals surface area contributed by atoms with Gasteiger partial charge in [-0.1, -0.05) is 11.8 Å². The van der Waals surface area contributed by atoms with Crippen molar-refractivity contribution in [3.05, 3.63) is 59.3 Å². The van der Waals surface area contributed by atoms with Gasteiger partial charge in [-0.15, -0.1) is 21.5 Å². The third-order valence-corrected chi connectivity index (χ3v) is 7.05. The quantitative estimate of drug-likeness (QED) is 0.321. The fourth-order valence-corrected chi connectivity index (χ4v) is 5.13. The first-order valence-corrected chi connectivity index (χ1v) is 11.9. The van der Waals surface area contributed by atoms with Crippen LogP contribution in [-0.2, 0) is 12.3 Å². The molecule has 1 aromatic carbocycles. The first kappa shape index (κ1) is 20.1. The Balaban J connectivity index is 1.32. The van der Waals surface area contributed by atoms with Crippen molar-refractivity contribution in [3.8, 4) is 22.1 Å². The number of methoxy groups -OCH3 is 2. The van der Waals surface area contributed by atoms with Crippen molar-refractivity contribution in [1.29, 1.82) is 0 Å². The van der Waals surface area contributed by atoms with Crippen LogP contribution in [0.2, 0.25) is 0 Å². The zero-order valence-corrected chi connectivity index (χ0v) is 18.9. The van der Waals surface area contributed by atoms with E-state index in [0.29, 0.717) is 24.0 Å². The summed E-state index contributed by atoms with van der Waals surface area (Å²) in [6.45, 7) is 0.655. The van der Waals surface area contributed by atoms with Gasteiger partial charge in [0.2, 0.25) is 0 Å². The molecule has 1 fully saturated rings. The molecule has 3 aromatic heterocycles. The highest BCUT2D eigenvalue weighted by Crippen LogP contribution is 2.40. The van der Waals surface area contributed by atoms with Crippen LogP contribution in [0.3, 0.4) is 0 Å². The molecule has 0 spiro atoms. The fourth-order valence-electron chi connectivity index (χ4n) is 3.37. The number of thioether (sulfide) groups is 1. The molecule has 1 aliphatic carbocycles. The number of benzene rings is 1. The third kappa shape index (κ3) is 4.33. The molecule has 0 radical (unpaired) electrons. The lowest BCUT2D eigenvalue weighted by Crippen LogP contribution is -2.05. The van der Waals surface area contributed by atoms with Crippen molar-refractivity contribution < 1.29 is 13.9 Å². The average molecular weight is 455 g/mol. The summed E-state index contributed by atoms with van der Waals surface area (Å²) in [4.78, 5) is 4.81. The Hall–Kier alpha value is -2.78. The lowest BCUT2D eigenvalue weighted by atomic mass is 10.2. The van der Waals surface area contributed by atoms with Gasteiger partial charge < -0.3 is 13.9 Å². The number of thiazole rings is 1. The standard InChI is InChI=1S/C22H22N4O3S2/c1-27-18-8-7-15(10-19(18)28-2)21-23-16(12-30-21)13-31-22-25-24-20(14-5-6-14)26(22)11-17-4-3-9-29-17/h3-4,7-10,12,14H,5-6,11,13H2,1-2H3. The van der Waals surface area contributed by atoms with E-state index in [2.05, 4.69) is 20.1 Å². The Morgan fingerprint density at radius 3 is 2.77 bits per heavy atom. The zero-order valence-electron chi connectivity index (χ0n) is 17.3. The molecule has 0 aliphatic heterocycles. The highest BCUT2D eigenvalue weighted by Gasteiger charge is 2.30. The first-order chi connectivity index (χ1) is 15.2. The summed E-state index contributed by atoms with van der Waals surface area (Å²) in [5.41, 5.74) is 2.02. The Bertz CT molecular complexity index is 1170. The van der Waals surface area contributed by atoms with E-state index in [1.54, 1.807) is 43.6 Å². The van der Waals surface area contributed by atoms with Gasteiger partial charge in [0.15, 0.2) is 16.7 Å². The van der Waals surface area contributed by atoms with Gasteiger partial charge in [0.25, 0.3) is 0 Å². The second-order valence-corrected chi connectivity index (χ2v) is 9.08. The smallest absolute Gasteiger partial charge is 0.192 e. The van der Waals surface area contributed by atoms with Crippen LogP contribution in [0.1, 0.15) is 36.0 Å². The summed E-state index contributed by atoms with van der Waals surface area (Å²) >= 11 is 3.28. The minimum atomic E-state index is 0.521. The molecule has 0 amide bonds. The van der Waals surface area contributed by atoms with E-state index in [-0.39, 0.29) is 0 Å². The molecule has 1 aliphatic rings. The SMILES string of the molecule is COc1ccc(-c2nc(CSc3nnc(C4CC4)n3Cc3ccco3)cs2)cc1OC. The van der Waals surface area contributed by atoms with Crippen molar-refractivity contribution in [2.45, 2.75) is 36.2 Å². The molecule has 0 saturated heterocycles. The summed E-state index contributed by atoms with van der Waals surface area (Å²) in [6, 6.07) is 9.76. The van der Waals surface area contributed by atoms with Gasteiger partial charge in [-0.3, -0.25) is 4.57 Å². The molecule has 5 rings (SSSR count). The number of hydrogen-bond acceptors (Lipinski definition) is 8. The van der Waals surface area contributed by atoms with Gasteiger partial charge in [-0.2, -0.15) is 0 Å². The normalized spacial score (nSPS) is 13.5. The number of aromatic nitrogens is 4. The zero-order chi connectivity index (χ0) is 21.2. The maximum atomic E-state index is 5.55. The second-order valence-electron chi connectivity index (χ2n) is 7.28. The molecule has 0 unspecified atom stereocenters. The first-order valence-electron chi connectivity index (χ1n) is 10.00. The molecule has 9 heteroatoms. The highest BCUT2D eigenvalue weighted by molar-refractivity contribution is 7.98. The number of furan rings is 1. The minimum Gasteiger partial charge on any atom is -0.493 e. The predicted molar refractivity (Wildman–Crippen MR) is 120 cm³/mol. The number of ether oxygens (including phenoxy) is 2. The number of hydrogen-bond donors (Lipinski definition) is 0. The summed E-state index contributed by atoms with van der Waals surface area (Å²) in [7, 11) is 3.27. The summed E-state index contributed by atoms with van der Waals surface area (Å²) < 4.78 is 18.5. The number of nitrogens with zero attached hydrogens (tertiary/aromatic N) is 4. The van der Waals surface area contributed by atoms with Crippen LogP contribution >= 0.6 is 23.1 Å². The monoisotopic (exact) mass is 454 g/mol. The molecule has 4 aromatic rings. The topological polar surface area (TPSA) is 75.2 Å². The molecular weight excluding hydrogens is 432 g/mol. The van der Waals surface area contributed by atoms with E-state index >= 15 is 0 Å². The lowest BCUT2D eigenvalue weighted by molar-refractivity contribution is 0.355. The van der Waals surface area contributed by atoms with Crippen LogP contribution in [0.5, 0.6) is 11.5 Å². The van der Waals surface area contributed by atoms with Gasteiger partial charge >= 0.3 is 0 Å². The van der Waals surface area contributed by atoms with E-state index in [4.69, 9.17) is 18.9 Å². The van der Waals surface area contributed by atoms with Crippen LogP contribution in [0, 0.1) is 0 Å². The molecule has 3 heterocycles. The highest BCUT2D eigenvalue weighted by atomic mass is 32.2. The molecule has 0 N–H and O–H groups in total. The van der Waals surface area contributed by atoms with Gasteiger partial charge in [0, 0.05) is 22.6 Å². The minimum absolute atomic E-state index is 0.521. The Morgan fingerprint density at radius 2 is 2.03 bits per heavy atom. The number of rotatable bonds is 9. The van der Waals surface area contributed by atoms with Gasteiger partial charge in [0.1, 0.15) is 16.6 Å². The summed E-state index contributed by atoms with van der Waals surface area (Å²) in [5, 5.41) is 12.9. The Kier molecular flexibility index (Phi) is 5.69. The van der Waals surface area contributed by atoms with Crippen LogP contribution in [0.15, 0.2) is 51.5 Å². The van der Waals surface area contributed by atoms with Crippen molar-refractivity contribution in [3.63, 3.8) is 0 Å². The van der Waals surface area contributed by atoms with E-state index in [0.717, 1.165) is 38.8 Å². The van der Waals surface area contributed by atoms with E-state index in [1.165, 1.54) is 12.8 Å². The molecule has 7 nitrogen and oxygen atoms in total. The van der Waals surface area contributed by atoms with E-state index in [9.17, 15) is 0 Å². The molecule has 0 bridgehead atoms. The predicted octanol–water partition coefficient (Wildman–Crippen LogP) is 5.23. The summed E-state index contributed by atoms with van der Waals surface area (Å²) in [5.74, 6) is 4.62. The Labute approximate surface area is 188 Å². The van der Waals surface area contributed by atoms with Crippen LogP contribution < -0.4 is 9.47 Å². The van der Waals surface area contributed by atoms with Crippen molar-refractivity contribution >= 4 is 23.1 Å². The van der Waals surface area contributed by atoms with Crippen LogP contribution in [0.25, 0.3) is 10.6 Å². The molecule has 0 atom stereocenters. The molecule has 1 saturated carbocycles. The third-order valence-electron chi connectivity index (χ3n) is 5.11. The Morgan fingerprint density at radius 1 is 1.16 bits per heavy atom. The largest absolute Gasteiger partial charge is 0.493 e. The molecule has 160 valence electrons. The van der Waals surface area contributed by atoms with Gasteiger partial charge in [0.05, 0.1) is 32.7 Å². The average Bonchev–Trinajstić information content (AvgIpc) is 3.18. The van der Waals surface area contributed by atoms with Crippen molar-refractivity contribution in [2.24, 2.45) is 0 Å². The summed E-state index contributed by atoms with van der Waals surface area (Å²) in [6.07, 6.45) is 4.07. The fraction of sp³-hybridized carbons (Fsp3) is 0.318. The van der Waals surface area contributed by atoms with Gasteiger partial charge in [-0.25, -0.2) is 4.98 Å². The van der Waals surface area contributed by atoms with E-state index in [1.807, 2.05) is 30.3 Å². The lowest BCUT2D eigenvalue weighted by Gasteiger charge is -2.08. The van der Waals surface area contributed by atoms with Gasteiger partial charge in [-0.05, 0) is 43.2 Å². The van der Waals surface area contributed by atoms with Crippen molar-refractivity contribution in [2.75, 3.05) is 14.2 Å². The van der Waals surface area contributed by atoms with Crippen molar-refractivity contribution in [1.82, 2.24) is 19.7 Å². The molecular formula is C22H22N4O3S2.